The van der Waals surface area contributed by atoms with Gasteiger partial charge in [-0.2, -0.15) is 0 Å². The number of carbonyl (C=O) groups is 2. The van der Waals surface area contributed by atoms with Gasteiger partial charge >= 0.3 is 0 Å². The maximum Gasteiger partial charge on any atom is 0.261 e. The second kappa shape index (κ2) is 7.07. The third kappa shape index (κ3) is 3.66. The van der Waals surface area contributed by atoms with Gasteiger partial charge < -0.3 is 4.74 Å². The lowest BCUT2D eigenvalue weighted by Crippen LogP contribution is -2.21. The Morgan fingerprint density at radius 3 is 1.80 bits per heavy atom. The molecule has 0 N–H and O–H groups in total. The molecule has 2 aliphatic rings. The summed E-state index contributed by atoms with van der Waals surface area (Å²) < 4.78 is 27.6. The van der Waals surface area contributed by atoms with Gasteiger partial charge in [0.05, 0.1) is 4.90 Å². The van der Waals surface area contributed by atoms with Crippen molar-refractivity contribution in [2.45, 2.75) is 17.7 Å². The van der Waals surface area contributed by atoms with Crippen molar-refractivity contribution in [1.82, 2.24) is 0 Å². The lowest BCUT2D eigenvalue weighted by Gasteiger charge is -2.17. The van der Waals surface area contributed by atoms with Crippen LogP contribution in [-0.4, -0.2) is 33.2 Å². The van der Waals surface area contributed by atoms with Crippen LogP contribution in [-0.2, 0) is 13.8 Å². The first-order valence-electron chi connectivity index (χ1n) is 7.74. The number of rotatable bonds is 1. The molecular formula is C18H15ClO5S. The summed E-state index contributed by atoms with van der Waals surface area (Å²) in [6, 6.07) is 10.1. The second-order valence-electron chi connectivity index (χ2n) is 5.67. The highest BCUT2D eigenvalue weighted by molar-refractivity contribution is 8.13. The van der Waals surface area contributed by atoms with E-state index in [0.29, 0.717) is 5.56 Å². The maximum absolute atomic E-state index is 12.3. The fraction of sp³-hybridized carbons (Fsp3) is 0.222. The van der Waals surface area contributed by atoms with Crippen LogP contribution in [0, 0.1) is 0 Å². The van der Waals surface area contributed by atoms with Gasteiger partial charge in [-0.3, -0.25) is 9.59 Å². The number of ketones is 2. The molecule has 1 aliphatic heterocycles. The lowest BCUT2D eigenvalue weighted by molar-refractivity contribution is 0.0979. The lowest BCUT2D eigenvalue weighted by atomic mass is 9.84. The van der Waals surface area contributed by atoms with Crippen molar-refractivity contribution in [3.8, 4) is 0 Å². The summed E-state index contributed by atoms with van der Waals surface area (Å²) in [4.78, 5) is 24.4. The minimum absolute atomic E-state index is 0.0652. The molecular weight excluding hydrogens is 364 g/mol. The van der Waals surface area contributed by atoms with Gasteiger partial charge in [0.2, 0.25) is 0 Å². The molecule has 1 aliphatic carbocycles. The fourth-order valence-electron chi connectivity index (χ4n) is 2.74. The van der Waals surface area contributed by atoms with Crippen LogP contribution in [0.15, 0.2) is 47.4 Å². The van der Waals surface area contributed by atoms with E-state index < -0.39 is 9.05 Å². The van der Waals surface area contributed by atoms with Crippen LogP contribution >= 0.6 is 10.7 Å². The average Bonchev–Trinajstić information content (AvgIpc) is 3.18. The van der Waals surface area contributed by atoms with Crippen molar-refractivity contribution in [3.63, 3.8) is 0 Å². The molecule has 0 spiro atoms. The molecule has 1 fully saturated rings. The Hall–Kier alpha value is -2.02. The first-order valence-corrected chi connectivity index (χ1v) is 10.1. The van der Waals surface area contributed by atoms with Crippen LogP contribution in [0.4, 0.5) is 0 Å². The predicted molar refractivity (Wildman–Crippen MR) is 92.8 cm³/mol. The molecule has 1 heterocycles. The Kier molecular flexibility index (Phi) is 5.03. The molecule has 2 aromatic rings. The summed E-state index contributed by atoms with van der Waals surface area (Å²) in [6.45, 7) is 2.00. The number of hydrogen-bond acceptors (Lipinski definition) is 5. The van der Waals surface area contributed by atoms with Gasteiger partial charge in [0.15, 0.2) is 11.6 Å². The highest BCUT2D eigenvalue weighted by Crippen LogP contribution is 2.29. The molecule has 130 valence electrons. The van der Waals surface area contributed by atoms with Crippen LogP contribution < -0.4 is 0 Å². The van der Waals surface area contributed by atoms with Crippen molar-refractivity contribution in [2.24, 2.45) is 0 Å². The zero-order chi connectivity index (χ0) is 18.0. The minimum Gasteiger partial charge on any atom is -0.381 e. The van der Waals surface area contributed by atoms with Crippen molar-refractivity contribution < 1.29 is 22.7 Å². The van der Waals surface area contributed by atoms with Crippen molar-refractivity contribution in [1.29, 1.82) is 0 Å². The Morgan fingerprint density at radius 1 is 0.800 bits per heavy atom. The van der Waals surface area contributed by atoms with Crippen LogP contribution in [0.1, 0.15) is 44.7 Å². The summed E-state index contributed by atoms with van der Waals surface area (Å²) >= 11 is 0. The van der Waals surface area contributed by atoms with Crippen LogP contribution in [0.25, 0.3) is 0 Å². The van der Waals surface area contributed by atoms with E-state index in [1.165, 1.54) is 25.0 Å². The highest BCUT2D eigenvalue weighted by atomic mass is 35.7. The van der Waals surface area contributed by atoms with E-state index in [-0.39, 0.29) is 33.2 Å². The zero-order valence-corrected chi connectivity index (χ0v) is 14.8. The van der Waals surface area contributed by atoms with Gasteiger partial charge in [-0.05, 0) is 31.0 Å². The van der Waals surface area contributed by atoms with E-state index >= 15 is 0 Å². The third-order valence-corrected chi connectivity index (χ3v) is 5.36. The molecule has 4 rings (SSSR count). The molecule has 0 aromatic heterocycles. The summed E-state index contributed by atoms with van der Waals surface area (Å²) in [6.07, 6.45) is 2.56. The molecule has 0 atom stereocenters. The molecule has 7 heteroatoms. The molecule has 0 saturated carbocycles. The molecule has 0 unspecified atom stereocenters. The minimum atomic E-state index is -3.95. The molecule has 1 saturated heterocycles. The topological polar surface area (TPSA) is 77.5 Å². The van der Waals surface area contributed by atoms with Crippen LogP contribution in [0.5, 0.6) is 0 Å². The summed E-state index contributed by atoms with van der Waals surface area (Å²) in [5, 5.41) is 0. The molecule has 25 heavy (non-hydrogen) atoms. The summed E-state index contributed by atoms with van der Waals surface area (Å²) in [5.41, 5.74) is 0.855. The maximum atomic E-state index is 12.3. The smallest absolute Gasteiger partial charge is 0.261 e. The first-order chi connectivity index (χ1) is 11.9. The fourth-order valence-corrected chi connectivity index (χ4v) is 3.52. The number of halogens is 1. The molecule has 2 aromatic carbocycles. The number of benzene rings is 2. The standard InChI is InChI=1S/C14H7ClO4S.C4H8O/c15-20(18,19)8-5-6-11-12(7-8)14(17)10-4-2-1-3-9(10)13(11)16;1-2-4-5-3-1/h1-7H;1-4H2. The molecule has 0 radical (unpaired) electrons. The number of ether oxygens (including phenoxy) is 1. The zero-order valence-electron chi connectivity index (χ0n) is 13.2. The quantitative estimate of drug-likeness (QED) is 0.608. The summed E-state index contributed by atoms with van der Waals surface area (Å²) in [5.74, 6) is -0.675. The summed E-state index contributed by atoms with van der Waals surface area (Å²) in [7, 11) is 1.32. The van der Waals surface area contributed by atoms with Gasteiger partial charge in [-0.15, -0.1) is 0 Å². The Morgan fingerprint density at radius 2 is 1.32 bits per heavy atom. The van der Waals surface area contributed by atoms with E-state index in [0.717, 1.165) is 19.3 Å². The van der Waals surface area contributed by atoms with Crippen LogP contribution in [0.3, 0.4) is 0 Å². The second-order valence-corrected chi connectivity index (χ2v) is 8.23. The number of fused-ring (bicyclic) bond motifs is 2. The molecule has 0 bridgehead atoms. The van der Waals surface area contributed by atoms with Gasteiger partial charge in [-0.1, -0.05) is 24.3 Å². The monoisotopic (exact) mass is 378 g/mol. The average molecular weight is 379 g/mol. The van der Waals surface area contributed by atoms with Crippen molar-refractivity contribution in [2.75, 3.05) is 13.2 Å². The van der Waals surface area contributed by atoms with Gasteiger partial charge in [0, 0.05) is 46.1 Å². The first kappa shape index (κ1) is 17.8. The SMILES string of the molecule is C1CCOC1.O=C1c2ccccc2C(=O)c2cc(S(=O)(=O)Cl)ccc21. The van der Waals surface area contributed by atoms with Crippen LogP contribution in [0.2, 0.25) is 0 Å². The Balaban J connectivity index is 0.000000314. The molecule has 0 amide bonds. The Labute approximate surface area is 150 Å². The van der Waals surface area contributed by atoms with Crippen molar-refractivity contribution in [3.05, 3.63) is 64.7 Å². The largest absolute Gasteiger partial charge is 0.381 e. The van der Waals surface area contributed by atoms with E-state index in [1.54, 1.807) is 24.3 Å². The number of hydrogen-bond donors (Lipinski definition) is 0. The van der Waals surface area contributed by atoms with E-state index in [9.17, 15) is 18.0 Å². The van der Waals surface area contributed by atoms with Crippen molar-refractivity contribution >= 4 is 31.3 Å². The van der Waals surface area contributed by atoms with Gasteiger partial charge in [0.1, 0.15) is 0 Å². The van der Waals surface area contributed by atoms with E-state index in [2.05, 4.69) is 0 Å². The molecule has 5 nitrogen and oxygen atoms in total. The predicted octanol–water partition coefficient (Wildman–Crippen LogP) is 3.19. The van der Waals surface area contributed by atoms with E-state index in [4.69, 9.17) is 15.4 Å². The Bertz CT molecular complexity index is 938. The third-order valence-electron chi connectivity index (χ3n) is 4.01. The van der Waals surface area contributed by atoms with Gasteiger partial charge in [0.25, 0.3) is 9.05 Å². The number of carbonyl (C=O) groups excluding carboxylic acids is 2. The van der Waals surface area contributed by atoms with Gasteiger partial charge in [-0.25, -0.2) is 8.42 Å². The normalized spacial score (nSPS) is 15.9. The highest BCUT2D eigenvalue weighted by Gasteiger charge is 2.30. The van der Waals surface area contributed by atoms with E-state index in [1.807, 2.05) is 0 Å².